The third kappa shape index (κ3) is 1.63. The summed E-state index contributed by atoms with van der Waals surface area (Å²) in [5, 5.41) is 3.59. The van der Waals surface area contributed by atoms with Crippen molar-refractivity contribution in [1.29, 1.82) is 0 Å². The number of benzene rings is 1. The largest absolute Gasteiger partial charge is 0.370 e. The molecule has 1 N–H and O–H groups in total. The second kappa shape index (κ2) is 3.53. The molecular formula is C13H18N2. The highest BCUT2D eigenvalue weighted by molar-refractivity contribution is 5.50. The molecule has 0 amide bonds. The minimum Gasteiger partial charge on any atom is -0.370 e. The molecule has 2 aliphatic rings. The topological polar surface area (TPSA) is 15.3 Å². The number of hydrogen-bond donors (Lipinski definition) is 1. The molecule has 80 valence electrons. The highest BCUT2D eigenvalue weighted by Crippen LogP contribution is 2.29. The van der Waals surface area contributed by atoms with E-state index >= 15 is 0 Å². The molecule has 0 aliphatic carbocycles. The Morgan fingerprint density at radius 2 is 2.27 bits per heavy atom. The van der Waals surface area contributed by atoms with Gasteiger partial charge in [-0.15, -0.1) is 0 Å². The predicted molar refractivity (Wildman–Crippen MR) is 63.3 cm³/mol. The lowest BCUT2D eigenvalue weighted by molar-refractivity contribution is 0.556. The smallest absolute Gasteiger partial charge is 0.0369 e. The quantitative estimate of drug-likeness (QED) is 0.747. The van der Waals surface area contributed by atoms with Gasteiger partial charge >= 0.3 is 0 Å². The maximum absolute atomic E-state index is 3.59. The van der Waals surface area contributed by atoms with Crippen LogP contribution in [-0.4, -0.2) is 25.7 Å². The summed E-state index contributed by atoms with van der Waals surface area (Å²) in [6.45, 7) is 5.81. The normalized spacial score (nSPS) is 29.5. The van der Waals surface area contributed by atoms with Crippen molar-refractivity contribution in [3.63, 3.8) is 0 Å². The fourth-order valence-corrected chi connectivity index (χ4v) is 2.88. The van der Waals surface area contributed by atoms with Gasteiger partial charge in [0.2, 0.25) is 0 Å². The first-order valence-electron chi connectivity index (χ1n) is 5.88. The van der Waals surface area contributed by atoms with Gasteiger partial charge in [-0.1, -0.05) is 12.1 Å². The van der Waals surface area contributed by atoms with Crippen molar-refractivity contribution in [2.45, 2.75) is 19.4 Å². The monoisotopic (exact) mass is 202 g/mol. The van der Waals surface area contributed by atoms with Crippen molar-refractivity contribution in [2.75, 3.05) is 24.5 Å². The summed E-state index contributed by atoms with van der Waals surface area (Å²) in [6.07, 6.45) is 1.35. The van der Waals surface area contributed by atoms with Crippen LogP contribution >= 0.6 is 0 Å². The molecule has 0 radical (unpaired) electrons. The summed E-state index contributed by atoms with van der Waals surface area (Å²) in [5.74, 6) is 0.880. The molecule has 2 heteroatoms. The highest BCUT2D eigenvalue weighted by atomic mass is 15.2. The van der Waals surface area contributed by atoms with Crippen LogP contribution in [0, 0.1) is 12.8 Å². The molecule has 0 saturated carbocycles. The molecule has 2 aliphatic heterocycles. The molecule has 0 aromatic heterocycles. The minimum absolute atomic E-state index is 0.741. The van der Waals surface area contributed by atoms with E-state index in [1.165, 1.54) is 37.3 Å². The molecule has 2 unspecified atom stereocenters. The summed E-state index contributed by atoms with van der Waals surface area (Å²) < 4.78 is 0. The van der Waals surface area contributed by atoms with E-state index in [2.05, 4.69) is 41.4 Å². The van der Waals surface area contributed by atoms with E-state index in [1.807, 2.05) is 0 Å². The first-order chi connectivity index (χ1) is 7.33. The van der Waals surface area contributed by atoms with Crippen LogP contribution in [0.1, 0.15) is 12.0 Å². The fourth-order valence-electron chi connectivity index (χ4n) is 2.88. The van der Waals surface area contributed by atoms with E-state index < -0.39 is 0 Å². The molecule has 1 aromatic rings. The first kappa shape index (κ1) is 9.22. The summed E-state index contributed by atoms with van der Waals surface area (Å²) in [7, 11) is 0. The summed E-state index contributed by atoms with van der Waals surface area (Å²) in [5.41, 5.74) is 2.75. The SMILES string of the molecule is Cc1cccc(N2CC3CCNC3C2)c1. The number of nitrogens with one attached hydrogen (secondary N) is 1. The zero-order chi connectivity index (χ0) is 10.3. The van der Waals surface area contributed by atoms with Gasteiger partial charge in [0.1, 0.15) is 0 Å². The van der Waals surface area contributed by atoms with Crippen molar-refractivity contribution >= 4 is 5.69 Å². The lowest BCUT2D eigenvalue weighted by Crippen LogP contribution is -2.30. The molecule has 0 bridgehead atoms. The third-order valence-corrected chi connectivity index (χ3v) is 3.73. The van der Waals surface area contributed by atoms with Gasteiger partial charge < -0.3 is 10.2 Å². The standard InChI is InChI=1S/C13H18N2/c1-10-3-2-4-12(7-10)15-8-11-5-6-14-13(11)9-15/h2-4,7,11,13-14H,5-6,8-9H2,1H3. The van der Waals surface area contributed by atoms with Crippen LogP contribution in [0.2, 0.25) is 0 Å². The minimum atomic E-state index is 0.741. The lowest BCUT2D eigenvalue weighted by atomic mass is 10.1. The van der Waals surface area contributed by atoms with Gasteiger partial charge in [-0.3, -0.25) is 0 Å². The maximum Gasteiger partial charge on any atom is 0.0369 e. The second-order valence-electron chi connectivity index (χ2n) is 4.85. The van der Waals surface area contributed by atoms with Gasteiger partial charge in [0.15, 0.2) is 0 Å². The Balaban J connectivity index is 1.79. The van der Waals surface area contributed by atoms with Gasteiger partial charge in [0, 0.05) is 24.8 Å². The van der Waals surface area contributed by atoms with E-state index in [0.29, 0.717) is 0 Å². The van der Waals surface area contributed by atoms with Gasteiger partial charge in [-0.2, -0.15) is 0 Å². The lowest BCUT2D eigenvalue weighted by Gasteiger charge is -2.19. The average molecular weight is 202 g/mol. The van der Waals surface area contributed by atoms with Crippen LogP contribution < -0.4 is 10.2 Å². The fraction of sp³-hybridized carbons (Fsp3) is 0.538. The van der Waals surface area contributed by atoms with Crippen molar-refractivity contribution in [2.24, 2.45) is 5.92 Å². The van der Waals surface area contributed by atoms with Crippen LogP contribution in [0.5, 0.6) is 0 Å². The Kier molecular flexibility index (Phi) is 2.17. The third-order valence-electron chi connectivity index (χ3n) is 3.73. The Morgan fingerprint density at radius 1 is 1.33 bits per heavy atom. The molecule has 2 atom stereocenters. The van der Waals surface area contributed by atoms with Crippen molar-refractivity contribution in [3.8, 4) is 0 Å². The zero-order valence-corrected chi connectivity index (χ0v) is 9.24. The molecule has 0 spiro atoms. The first-order valence-corrected chi connectivity index (χ1v) is 5.88. The van der Waals surface area contributed by atoms with Gasteiger partial charge in [-0.25, -0.2) is 0 Å². The van der Waals surface area contributed by atoms with Crippen molar-refractivity contribution in [3.05, 3.63) is 29.8 Å². The molecule has 15 heavy (non-hydrogen) atoms. The Labute approximate surface area is 91.3 Å². The Hall–Kier alpha value is -1.02. The van der Waals surface area contributed by atoms with Crippen LogP contribution in [0.25, 0.3) is 0 Å². The van der Waals surface area contributed by atoms with Crippen LogP contribution in [0.3, 0.4) is 0 Å². The molecule has 2 saturated heterocycles. The summed E-state index contributed by atoms with van der Waals surface area (Å²) in [6, 6.07) is 9.59. The zero-order valence-electron chi connectivity index (χ0n) is 9.24. The van der Waals surface area contributed by atoms with E-state index in [4.69, 9.17) is 0 Å². The van der Waals surface area contributed by atoms with Crippen molar-refractivity contribution < 1.29 is 0 Å². The average Bonchev–Trinajstić information content (AvgIpc) is 2.76. The van der Waals surface area contributed by atoms with Gasteiger partial charge in [0.05, 0.1) is 0 Å². The van der Waals surface area contributed by atoms with Crippen LogP contribution in [0.4, 0.5) is 5.69 Å². The number of hydrogen-bond acceptors (Lipinski definition) is 2. The van der Waals surface area contributed by atoms with E-state index in [1.54, 1.807) is 0 Å². The van der Waals surface area contributed by atoms with Gasteiger partial charge in [0.25, 0.3) is 0 Å². The number of anilines is 1. The van der Waals surface area contributed by atoms with E-state index in [9.17, 15) is 0 Å². The highest BCUT2D eigenvalue weighted by Gasteiger charge is 2.35. The number of rotatable bonds is 1. The van der Waals surface area contributed by atoms with Gasteiger partial charge in [-0.05, 0) is 43.5 Å². The Morgan fingerprint density at radius 3 is 3.07 bits per heavy atom. The summed E-state index contributed by atoms with van der Waals surface area (Å²) in [4.78, 5) is 2.52. The second-order valence-corrected chi connectivity index (χ2v) is 4.85. The molecule has 2 heterocycles. The molecular weight excluding hydrogens is 184 g/mol. The van der Waals surface area contributed by atoms with Crippen molar-refractivity contribution in [1.82, 2.24) is 5.32 Å². The predicted octanol–water partition coefficient (Wildman–Crippen LogP) is 1.79. The molecule has 1 aromatic carbocycles. The maximum atomic E-state index is 3.59. The van der Waals surface area contributed by atoms with Crippen LogP contribution in [-0.2, 0) is 0 Å². The molecule has 2 nitrogen and oxygen atoms in total. The number of aryl methyl sites for hydroxylation is 1. The van der Waals surface area contributed by atoms with Crippen LogP contribution in [0.15, 0.2) is 24.3 Å². The summed E-state index contributed by atoms with van der Waals surface area (Å²) >= 11 is 0. The van der Waals surface area contributed by atoms with E-state index in [-0.39, 0.29) is 0 Å². The Bertz CT molecular complexity index is 349. The molecule has 2 fully saturated rings. The number of nitrogens with zero attached hydrogens (tertiary/aromatic N) is 1. The number of fused-ring (bicyclic) bond motifs is 1. The van der Waals surface area contributed by atoms with E-state index in [0.717, 1.165) is 12.0 Å². The molecule has 3 rings (SSSR count).